The van der Waals surface area contributed by atoms with Gasteiger partial charge in [-0.15, -0.1) is 0 Å². The molecule has 19 heavy (non-hydrogen) atoms. The van der Waals surface area contributed by atoms with E-state index in [0.29, 0.717) is 15.6 Å². The van der Waals surface area contributed by atoms with Crippen LogP contribution in [0.4, 0.5) is 0 Å². The lowest BCUT2D eigenvalue weighted by Gasteiger charge is -2.17. The van der Waals surface area contributed by atoms with Crippen LogP contribution in [-0.4, -0.2) is 5.11 Å². The highest BCUT2D eigenvalue weighted by molar-refractivity contribution is 9.10. The van der Waals surface area contributed by atoms with Crippen LogP contribution in [0.3, 0.4) is 0 Å². The molecule has 1 atom stereocenters. The lowest BCUT2D eigenvalue weighted by molar-refractivity contribution is 0.219. The molecule has 0 aliphatic carbocycles. The zero-order valence-electron chi connectivity index (χ0n) is 10.5. The molecule has 0 bridgehead atoms. The molecule has 1 nitrogen and oxygen atoms in total. The minimum absolute atomic E-state index is 0.530. The second-order valence-corrected chi connectivity index (χ2v) is 6.14. The SMILES string of the molecule is Cc1cc(C(O)c2cccc(Br)c2Cl)c(C)cc1Cl. The Morgan fingerprint density at radius 1 is 1.05 bits per heavy atom. The van der Waals surface area contributed by atoms with Gasteiger partial charge in [0.15, 0.2) is 0 Å². The number of aryl methyl sites for hydroxylation is 2. The highest BCUT2D eigenvalue weighted by atomic mass is 79.9. The Balaban J connectivity index is 2.53. The maximum Gasteiger partial charge on any atom is 0.106 e. The van der Waals surface area contributed by atoms with Crippen LogP contribution < -0.4 is 0 Å². The highest BCUT2D eigenvalue weighted by Gasteiger charge is 2.18. The molecule has 0 saturated carbocycles. The number of hydrogen-bond acceptors (Lipinski definition) is 1. The van der Waals surface area contributed by atoms with Gasteiger partial charge in [-0.1, -0.05) is 41.4 Å². The zero-order chi connectivity index (χ0) is 14.2. The fourth-order valence-corrected chi connectivity index (χ4v) is 2.83. The van der Waals surface area contributed by atoms with Crippen molar-refractivity contribution in [3.8, 4) is 0 Å². The number of halogens is 3. The summed E-state index contributed by atoms with van der Waals surface area (Å²) in [7, 11) is 0. The fourth-order valence-electron chi connectivity index (χ4n) is 2.00. The molecule has 0 fully saturated rings. The minimum atomic E-state index is -0.763. The van der Waals surface area contributed by atoms with Gasteiger partial charge in [-0.2, -0.15) is 0 Å². The summed E-state index contributed by atoms with van der Waals surface area (Å²) in [6, 6.07) is 9.28. The molecule has 0 radical (unpaired) electrons. The third-order valence-electron chi connectivity index (χ3n) is 3.12. The van der Waals surface area contributed by atoms with Gasteiger partial charge in [-0.3, -0.25) is 0 Å². The van der Waals surface area contributed by atoms with E-state index in [1.165, 1.54) is 0 Å². The first-order valence-electron chi connectivity index (χ1n) is 5.80. The summed E-state index contributed by atoms with van der Waals surface area (Å²) in [5.74, 6) is 0. The normalized spacial score (nSPS) is 12.5. The van der Waals surface area contributed by atoms with E-state index in [4.69, 9.17) is 23.2 Å². The van der Waals surface area contributed by atoms with Crippen LogP contribution in [0.1, 0.15) is 28.4 Å². The Morgan fingerprint density at radius 2 is 1.74 bits per heavy atom. The van der Waals surface area contributed by atoms with Crippen molar-refractivity contribution < 1.29 is 5.11 Å². The van der Waals surface area contributed by atoms with E-state index >= 15 is 0 Å². The molecule has 1 unspecified atom stereocenters. The quantitative estimate of drug-likeness (QED) is 0.755. The Morgan fingerprint density at radius 3 is 2.42 bits per heavy atom. The van der Waals surface area contributed by atoms with Crippen LogP contribution >= 0.6 is 39.1 Å². The summed E-state index contributed by atoms with van der Waals surface area (Å²) in [5, 5.41) is 11.8. The topological polar surface area (TPSA) is 20.2 Å². The van der Waals surface area contributed by atoms with Crippen molar-refractivity contribution >= 4 is 39.1 Å². The maximum atomic E-state index is 10.5. The monoisotopic (exact) mass is 358 g/mol. The van der Waals surface area contributed by atoms with Crippen molar-refractivity contribution in [1.29, 1.82) is 0 Å². The van der Waals surface area contributed by atoms with Gasteiger partial charge in [0.05, 0.1) is 5.02 Å². The molecule has 100 valence electrons. The van der Waals surface area contributed by atoms with Crippen molar-refractivity contribution in [2.24, 2.45) is 0 Å². The summed E-state index contributed by atoms with van der Waals surface area (Å²) in [6.45, 7) is 3.84. The number of aliphatic hydroxyl groups excluding tert-OH is 1. The predicted molar refractivity (Wildman–Crippen MR) is 84.1 cm³/mol. The van der Waals surface area contributed by atoms with Gasteiger partial charge in [-0.05, 0) is 58.6 Å². The van der Waals surface area contributed by atoms with Gasteiger partial charge in [0.2, 0.25) is 0 Å². The summed E-state index contributed by atoms with van der Waals surface area (Å²) in [4.78, 5) is 0. The molecule has 4 heteroatoms. The van der Waals surface area contributed by atoms with Crippen molar-refractivity contribution in [2.45, 2.75) is 20.0 Å². The first-order valence-corrected chi connectivity index (χ1v) is 7.35. The predicted octanol–water partition coefficient (Wildman–Crippen LogP) is 5.45. The van der Waals surface area contributed by atoms with Gasteiger partial charge >= 0.3 is 0 Å². The molecule has 0 heterocycles. The van der Waals surface area contributed by atoms with Gasteiger partial charge in [0.25, 0.3) is 0 Å². The van der Waals surface area contributed by atoms with Gasteiger partial charge in [0.1, 0.15) is 6.10 Å². The summed E-state index contributed by atoms with van der Waals surface area (Å²) >= 11 is 15.7. The van der Waals surface area contributed by atoms with E-state index < -0.39 is 6.10 Å². The summed E-state index contributed by atoms with van der Waals surface area (Å²) in [6.07, 6.45) is -0.763. The summed E-state index contributed by atoms with van der Waals surface area (Å²) in [5.41, 5.74) is 3.38. The molecule has 0 aliphatic heterocycles. The van der Waals surface area contributed by atoms with E-state index in [9.17, 15) is 5.11 Å². The van der Waals surface area contributed by atoms with E-state index in [0.717, 1.165) is 21.2 Å². The van der Waals surface area contributed by atoms with E-state index in [2.05, 4.69) is 15.9 Å². The zero-order valence-corrected chi connectivity index (χ0v) is 13.6. The molecule has 0 amide bonds. The number of aliphatic hydroxyl groups is 1. The maximum absolute atomic E-state index is 10.5. The summed E-state index contributed by atoms with van der Waals surface area (Å²) < 4.78 is 0.772. The fraction of sp³-hybridized carbons (Fsp3) is 0.200. The third kappa shape index (κ3) is 2.97. The van der Waals surface area contributed by atoms with Crippen LogP contribution in [0.2, 0.25) is 10.0 Å². The second kappa shape index (κ2) is 5.84. The smallest absolute Gasteiger partial charge is 0.106 e. The number of hydrogen-bond donors (Lipinski definition) is 1. The Labute approximate surface area is 131 Å². The first-order chi connectivity index (χ1) is 8.91. The standard InChI is InChI=1S/C15H13BrCl2O/c1-8-7-13(17)9(2)6-11(8)15(19)10-4-3-5-12(16)14(10)18/h3-7,15,19H,1-2H3. The van der Waals surface area contributed by atoms with Crippen LogP contribution in [0.25, 0.3) is 0 Å². The first kappa shape index (κ1) is 14.9. The van der Waals surface area contributed by atoms with Crippen LogP contribution in [0, 0.1) is 13.8 Å². The van der Waals surface area contributed by atoms with Crippen molar-refractivity contribution in [3.05, 3.63) is 67.1 Å². The van der Waals surface area contributed by atoms with E-state index in [1.807, 2.05) is 44.2 Å². The van der Waals surface area contributed by atoms with Gasteiger partial charge in [-0.25, -0.2) is 0 Å². The molecule has 2 rings (SSSR count). The molecule has 0 saturated heterocycles. The third-order valence-corrected chi connectivity index (χ3v) is 4.84. The van der Waals surface area contributed by atoms with Crippen LogP contribution in [0.15, 0.2) is 34.8 Å². The van der Waals surface area contributed by atoms with E-state index in [-0.39, 0.29) is 0 Å². The Bertz CT molecular complexity index is 626. The van der Waals surface area contributed by atoms with Crippen molar-refractivity contribution in [1.82, 2.24) is 0 Å². The molecule has 0 aromatic heterocycles. The average Bonchev–Trinajstić information content (AvgIpc) is 2.36. The van der Waals surface area contributed by atoms with Gasteiger partial charge < -0.3 is 5.11 Å². The molecular weight excluding hydrogens is 347 g/mol. The molecular formula is C15H13BrCl2O. The minimum Gasteiger partial charge on any atom is -0.384 e. The molecule has 2 aromatic rings. The highest BCUT2D eigenvalue weighted by Crippen LogP contribution is 2.35. The number of benzene rings is 2. The largest absolute Gasteiger partial charge is 0.384 e. The second-order valence-electron chi connectivity index (χ2n) is 4.50. The van der Waals surface area contributed by atoms with Crippen LogP contribution in [-0.2, 0) is 0 Å². The molecule has 2 aromatic carbocycles. The average molecular weight is 360 g/mol. The number of rotatable bonds is 2. The van der Waals surface area contributed by atoms with Crippen molar-refractivity contribution in [3.63, 3.8) is 0 Å². The Hall–Kier alpha value is -0.540. The molecule has 1 N–H and O–H groups in total. The van der Waals surface area contributed by atoms with Crippen LogP contribution in [0.5, 0.6) is 0 Å². The van der Waals surface area contributed by atoms with Gasteiger partial charge in [0, 0.05) is 15.1 Å². The van der Waals surface area contributed by atoms with E-state index in [1.54, 1.807) is 0 Å². The molecule has 0 aliphatic rings. The van der Waals surface area contributed by atoms with Crippen molar-refractivity contribution in [2.75, 3.05) is 0 Å². The molecule has 0 spiro atoms. The Kier molecular flexibility index (Phi) is 4.57. The lowest BCUT2D eigenvalue weighted by atomic mass is 9.96. The lowest BCUT2D eigenvalue weighted by Crippen LogP contribution is -2.04.